The molecule has 5 rings (SSSR count). The van der Waals surface area contributed by atoms with Gasteiger partial charge in [0.2, 0.25) is 5.91 Å². The first-order valence-electron chi connectivity index (χ1n) is 13.1. The van der Waals surface area contributed by atoms with Gasteiger partial charge in [0.1, 0.15) is 5.82 Å². The molecule has 0 radical (unpaired) electrons. The summed E-state index contributed by atoms with van der Waals surface area (Å²) in [6.07, 6.45) is -0.823. The molecule has 1 aliphatic carbocycles. The first-order chi connectivity index (χ1) is 17.8. The van der Waals surface area contributed by atoms with E-state index in [-0.39, 0.29) is 35.4 Å². The normalized spacial score (nSPS) is 24.0. The molecule has 0 saturated carbocycles. The minimum atomic E-state index is -4.52. The van der Waals surface area contributed by atoms with Crippen LogP contribution in [0.1, 0.15) is 61.4 Å². The van der Waals surface area contributed by atoms with E-state index >= 15 is 0 Å². The van der Waals surface area contributed by atoms with E-state index in [2.05, 4.69) is 4.90 Å². The van der Waals surface area contributed by atoms with Crippen molar-refractivity contribution in [2.24, 2.45) is 11.8 Å². The molecular formula is C30H32F4N2O2. The Hall–Kier alpha value is -3.16. The van der Waals surface area contributed by atoms with Gasteiger partial charge in [0.05, 0.1) is 17.0 Å². The Labute approximate surface area is 220 Å². The maximum absolute atomic E-state index is 14.2. The van der Waals surface area contributed by atoms with E-state index in [4.69, 9.17) is 0 Å². The zero-order valence-electron chi connectivity index (χ0n) is 21.8. The van der Waals surface area contributed by atoms with Gasteiger partial charge in [-0.1, -0.05) is 23.8 Å². The van der Waals surface area contributed by atoms with Crippen molar-refractivity contribution in [1.29, 1.82) is 0 Å². The van der Waals surface area contributed by atoms with Crippen molar-refractivity contribution in [1.82, 2.24) is 9.80 Å². The molecule has 8 heteroatoms. The van der Waals surface area contributed by atoms with Gasteiger partial charge in [-0.3, -0.25) is 9.59 Å². The summed E-state index contributed by atoms with van der Waals surface area (Å²) in [5, 5.41) is 0. The number of benzene rings is 2. The second-order valence-corrected chi connectivity index (χ2v) is 11.4. The quantitative estimate of drug-likeness (QED) is 0.444. The van der Waals surface area contributed by atoms with Crippen molar-refractivity contribution < 1.29 is 27.2 Å². The van der Waals surface area contributed by atoms with Crippen LogP contribution in [0.4, 0.5) is 17.6 Å². The number of hydrogen-bond acceptors (Lipinski definition) is 3. The van der Waals surface area contributed by atoms with Gasteiger partial charge >= 0.3 is 6.18 Å². The monoisotopic (exact) mass is 528 g/mol. The fraction of sp³-hybridized carbons (Fsp3) is 0.467. The number of aryl methyl sites for hydroxylation is 1. The first kappa shape index (κ1) is 26.4. The Morgan fingerprint density at radius 2 is 1.66 bits per heavy atom. The summed E-state index contributed by atoms with van der Waals surface area (Å²) < 4.78 is 54.6. The fourth-order valence-electron chi connectivity index (χ4n) is 6.41. The highest BCUT2D eigenvalue weighted by Gasteiger charge is 2.49. The molecule has 1 unspecified atom stereocenters. The molecule has 38 heavy (non-hydrogen) atoms. The zero-order valence-corrected chi connectivity index (χ0v) is 21.8. The minimum Gasteiger partial charge on any atom is -0.374 e. The largest absolute Gasteiger partial charge is 0.416 e. The highest BCUT2D eigenvalue weighted by Crippen LogP contribution is 2.47. The molecule has 202 valence electrons. The van der Waals surface area contributed by atoms with E-state index in [0.717, 1.165) is 36.4 Å². The highest BCUT2D eigenvalue weighted by molar-refractivity contribution is 5.92. The first-order valence-corrected chi connectivity index (χ1v) is 13.1. The standard InChI is InChI=1S/C30H32F4N2O2/c1-18-12-21(14-22(13-18)30(32,33)34)29(2,3)28(38)36-11-10-20-16-35(24-8-9-25(37)15-24)17-26(20)27(36)19-4-6-23(31)7-5-19/h4-7,12-15,20,26-27H,8-11,16-17H2,1-3H3/t20-,26?,27+/m1/s1. The topological polar surface area (TPSA) is 40.6 Å². The molecule has 0 bridgehead atoms. The maximum atomic E-state index is 14.2. The van der Waals surface area contributed by atoms with Crippen molar-refractivity contribution in [2.75, 3.05) is 19.6 Å². The van der Waals surface area contributed by atoms with Crippen molar-refractivity contribution in [3.63, 3.8) is 0 Å². The number of piperidine rings is 1. The molecule has 1 amide bonds. The molecule has 4 nitrogen and oxygen atoms in total. The smallest absolute Gasteiger partial charge is 0.374 e. The highest BCUT2D eigenvalue weighted by atomic mass is 19.4. The average molecular weight is 529 g/mol. The fourth-order valence-corrected chi connectivity index (χ4v) is 6.41. The second-order valence-electron chi connectivity index (χ2n) is 11.4. The third kappa shape index (κ3) is 4.85. The lowest BCUT2D eigenvalue weighted by Crippen LogP contribution is -2.51. The van der Waals surface area contributed by atoms with Gasteiger partial charge in [-0.2, -0.15) is 13.2 Å². The predicted molar refractivity (Wildman–Crippen MR) is 136 cm³/mol. The molecule has 2 aliphatic heterocycles. The minimum absolute atomic E-state index is 0.0498. The number of halogens is 4. The Morgan fingerprint density at radius 1 is 0.974 bits per heavy atom. The molecule has 2 aromatic carbocycles. The molecule has 3 aliphatic rings. The summed E-state index contributed by atoms with van der Waals surface area (Å²) in [5.74, 6) is -0.169. The van der Waals surface area contributed by atoms with Gasteiger partial charge in [-0.05, 0) is 74.9 Å². The van der Waals surface area contributed by atoms with Crippen LogP contribution in [0.5, 0.6) is 0 Å². The van der Waals surface area contributed by atoms with E-state index in [1.54, 1.807) is 49.9 Å². The molecule has 2 aromatic rings. The van der Waals surface area contributed by atoms with Crippen LogP contribution in [0.3, 0.4) is 0 Å². The number of carbonyl (C=O) groups excluding carboxylic acids is 2. The van der Waals surface area contributed by atoms with E-state index < -0.39 is 17.2 Å². The van der Waals surface area contributed by atoms with Crippen LogP contribution in [0.25, 0.3) is 0 Å². The number of allylic oxidation sites excluding steroid dienone is 2. The number of hydrogen-bond donors (Lipinski definition) is 0. The van der Waals surface area contributed by atoms with Crippen molar-refractivity contribution in [2.45, 2.75) is 57.7 Å². The lowest BCUT2D eigenvalue weighted by molar-refractivity contribution is -0.143. The van der Waals surface area contributed by atoms with Crippen molar-refractivity contribution >= 4 is 11.7 Å². The van der Waals surface area contributed by atoms with Crippen LogP contribution in [0.2, 0.25) is 0 Å². The number of nitrogens with zero attached hydrogens (tertiary/aromatic N) is 2. The third-order valence-corrected chi connectivity index (χ3v) is 8.47. The van der Waals surface area contributed by atoms with Gasteiger partial charge < -0.3 is 9.80 Å². The predicted octanol–water partition coefficient (Wildman–Crippen LogP) is 6.20. The van der Waals surface area contributed by atoms with E-state index in [9.17, 15) is 27.2 Å². The van der Waals surface area contributed by atoms with E-state index in [0.29, 0.717) is 37.1 Å². The summed E-state index contributed by atoms with van der Waals surface area (Å²) in [7, 11) is 0. The number of alkyl halides is 3. The van der Waals surface area contributed by atoms with Gasteiger partial charge in [0, 0.05) is 43.7 Å². The average Bonchev–Trinajstić information content (AvgIpc) is 3.48. The molecule has 0 aromatic heterocycles. The van der Waals surface area contributed by atoms with Crippen molar-refractivity contribution in [3.05, 3.63) is 82.3 Å². The summed E-state index contributed by atoms with van der Waals surface area (Å²) in [5.41, 5.74) is 0.611. The Bertz CT molecular complexity index is 1280. The molecule has 3 atom stereocenters. The van der Waals surface area contributed by atoms with Gasteiger partial charge in [0.15, 0.2) is 5.78 Å². The second kappa shape index (κ2) is 9.54. The Balaban J connectivity index is 1.51. The van der Waals surface area contributed by atoms with Crippen LogP contribution >= 0.6 is 0 Å². The lowest BCUT2D eigenvalue weighted by Gasteiger charge is -2.45. The molecular weight excluding hydrogens is 496 g/mol. The summed E-state index contributed by atoms with van der Waals surface area (Å²) in [6.45, 7) is 6.86. The van der Waals surface area contributed by atoms with Crippen LogP contribution in [0.15, 0.2) is 54.2 Å². The van der Waals surface area contributed by atoms with Crippen LogP contribution < -0.4 is 0 Å². The molecule has 0 spiro atoms. The molecule has 2 heterocycles. The number of carbonyl (C=O) groups is 2. The Morgan fingerprint density at radius 3 is 2.29 bits per heavy atom. The van der Waals surface area contributed by atoms with Crippen LogP contribution in [-0.2, 0) is 21.2 Å². The number of likely N-dealkylation sites (tertiary alicyclic amines) is 2. The number of rotatable bonds is 4. The van der Waals surface area contributed by atoms with Gasteiger partial charge in [-0.15, -0.1) is 0 Å². The van der Waals surface area contributed by atoms with E-state index in [1.807, 2.05) is 0 Å². The molecule has 2 saturated heterocycles. The molecule has 0 N–H and O–H groups in total. The summed E-state index contributed by atoms with van der Waals surface area (Å²) >= 11 is 0. The molecule has 2 fully saturated rings. The number of amides is 1. The van der Waals surface area contributed by atoms with E-state index in [1.165, 1.54) is 12.1 Å². The van der Waals surface area contributed by atoms with Crippen LogP contribution in [0, 0.1) is 24.6 Å². The van der Waals surface area contributed by atoms with Crippen molar-refractivity contribution in [3.8, 4) is 0 Å². The zero-order chi connectivity index (χ0) is 27.4. The summed E-state index contributed by atoms with van der Waals surface area (Å²) in [4.78, 5) is 30.1. The number of ketones is 1. The van der Waals surface area contributed by atoms with Gasteiger partial charge in [0.25, 0.3) is 0 Å². The third-order valence-electron chi connectivity index (χ3n) is 8.47. The summed E-state index contributed by atoms with van der Waals surface area (Å²) in [6, 6.07) is 9.62. The van der Waals surface area contributed by atoms with Gasteiger partial charge in [-0.25, -0.2) is 4.39 Å². The maximum Gasteiger partial charge on any atom is 0.416 e. The Kier molecular flexibility index (Phi) is 6.64. The van der Waals surface area contributed by atoms with Crippen LogP contribution in [-0.4, -0.2) is 41.1 Å². The lowest BCUT2D eigenvalue weighted by atomic mass is 9.76. The number of fused-ring (bicyclic) bond motifs is 1. The SMILES string of the molecule is Cc1cc(C(F)(F)F)cc(C(C)(C)C(=O)N2CC[C@@H]3CN(C4=CC(=O)CC4)CC3[C@@H]2c2ccc(F)cc2)c1.